The summed E-state index contributed by atoms with van der Waals surface area (Å²) in [6.45, 7) is 2.11. The van der Waals surface area contributed by atoms with Crippen LogP contribution < -0.4 is 4.90 Å². The number of halogens is 2. The van der Waals surface area contributed by atoms with Crippen LogP contribution in [0.25, 0.3) is 10.8 Å². The maximum absolute atomic E-state index is 12.9. The summed E-state index contributed by atoms with van der Waals surface area (Å²) in [6, 6.07) is 18.3. The van der Waals surface area contributed by atoms with Gasteiger partial charge in [0, 0.05) is 31.5 Å². The van der Waals surface area contributed by atoms with Crippen molar-refractivity contribution in [1.82, 2.24) is 0 Å². The second kappa shape index (κ2) is 7.26. The zero-order valence-corrected chi connectivity index (χ0v) is 17.4. The number of nitrogens with zero attached hydrogens (tertiary/aromatic N) is 1. The molecule has 1 heterocycles. The van der Waals surface area contributed by atoms with E-state index in [-0.39, 0.29) is 11.9 Å². The average molecular weight is 447 g/mol. The standard InChI is InChI=1S/C21H17BrClNOS/c1-13-11-14-5-2-3-8-18(14)24(13)20(25)12-26-19-10-9-16(22)15-6-4-7-17(23)21(15)19/h2-10,13H,11-12H2,1H3/t13-/m0/s1. The van der Waals surface area contributed by atoms with Gasteiger partial charge in [-0.3, -0.25) is 4.79 Å². The Morgan fingerprint density at radius 3 is 2.85 bits per heavy atom. The van der Waals surface area contributed by atoms with Gasteiger partial charge in [-0.15, -0.1) is 11.8 Å². The predicted octanol–water partition coefficient (Wildman–Crippen LogP) is 6.33. The summed E-state index contributed by atoms with van der Waals surface area (Å²) in [6.07, 6.45) is 0.916. The molecule has 1 amide bonds. The van der Waals surface area contributed by atoms with Gasteiger partial charge in [0.1, 0.15) is 0 Å². The molecule has 0 saturated heterocycles. The van der Waals surface area contributed by atoms with E-state index in [0.717, 1.165) is 32.2 Å². The van der Waals surface area contributed by atoms with Crippen molar-refractivity contribution in [2.24, 2.45) is 0 Å². The van der Waals surface area contributed by atoms with E-state index in [1.807, 2.05) is 53.4 Å². The van der Waals surface area contributed by atoms with Gasteiger partial charge in [0.05, 0.1) is 5.75 Å². The SMILES string of the molecule is C[C@H]1Cc2ccccc2N1C(=O)CSc1ccc(Br)c2cccc(Cl)c12. The van der Waals surface area contributed by atoms with Gasteiger partial charge in [-0.1, -0.05) is 57.9 Å². The minimum Gasteiger partial charge on any atom is -0.308 e. The van der Waals surface area contributed by atoms with Crippen LogP contribution in [0, 0.1) is 0 Å². The molecule has 0 fully saturated rings. The number of fused-ring (bicyclic) bond motifs is 2. The van der Waals surface area contributed by atoms with E-state index in [1.165, 1.54) is 5.56 Å². The number of thioether (sulfide) groups is 1. The number of anilines is 1. The summed E-state index contributed by atoms with van der Waals surface area (Å²) >= 11 is 11.6. The van der Waals surface area contributed by atoms with Crippen molar-refractivity contribution in [3.05, 3.63) is 69.7 Å². The molecule has 4 rings (SSSR count). The molecule has 1 atom stereocenters. The van der Waals surface area contributed by atoms with Crippen LogP contribution in [-0.4, -0.2) is 17.7 Å². The zero-order valence-electron chi connectivity index (χ0n) is 14.2. The number of amides is 1. The van der Waals surface area contributed by atoms with Gasteiger partial charge in [-0.2, -0.15) is 0 Å². The van der Waals surface area contributed by atoms with Gasteiger partial charge < -0.3 is 4.90 Å². The predicted molar refractivity (Wildman–Crippen MR) is 114 cm³/mol. The Balaban J connectivity index is 1.60. The first-order valence-electron chi connectivity index (χ1n) is 8.46. The highest BCUT2D eigenvalue weighted by atomic mass is 79.9. The first-order valence-corrected chi connectivity index (χ1v) is 10.6. The summed E-state index contributed by atoms with van der Waals surface area (Å²) in [5.74, 6) is 0.524. The van der Waals surface area contributed by atoms with Crippen molar-refractivity contribution < 1.29 is 4.79 Å². The summed E-state index contributed by atoms with van der Waals surface area (Å²) in [5.41, 5.74) is 2.29. The molecule has 1 aliphatic rings. The number of carbonyl (C=O) groups excluding carboxylic acids is 1. The Morgan fingerprint density at radius 2 is 2.00 bits per heavy atom. The van der Waals surface area contributed by atoms with Gasteiger partial charge >= 0.3 is 0 Å². The molecular weight excluding hydrogens is 430 g/mol. The lowest BCUT2D eigenvalue weighted by molar-refractivity contribution is -0.116. The first kappa shape index (κ1) is 17.9. The number of carbonyl (C=O) groups is 1. The highest BCUT2D eigenvalue weighted by Gasteiger charge is 2.30. The molecule has 26 heavy (non-hydrogen) atoms. The van der Waals surface area contributed by atoms with E-state index < -0.39 is 0 Å². The highest BCUT2D eigenvalue weighted by Crippen LogP contribution is 2.38. The largest absolute Gasteiger partial charge is 0.308 e. The van der Waals surface area contributed by atoms with E-state index >= 15 is 0 Å². The highest BCUT2D eigenvalue weighted by molar-refractivity contribution is 9.10. The van der Waals surface area contributed by atoms with Gasteiger partial charge in [0.15, 0.2) is 0 Å². The van der Waals surface area contributed by atoms with E-state index in [1.54, 1.807) is 11.8 Å². The summed E-state index contributed by atoms with van der Waals surface area (Å²) in [4.78, 5) is 15.9. The number of rotatable bonds is 3. The Bertz CT molecular complexity index is 1010. The van der Waals surface area contributed by atoms with E-state index in [2.05, 4.69) is 28.9 Å². The molecule has 0 bridgehead atoms. The fourth-order valence-corrected chi connectivity index (χ4v) is 5.31. The molecule has 0 spiro atoms. The first-order chi connectivity index (χ1) is 12.6. The monoisotopic (exact) mass is 445 g/mol. The normalized spacial score (nSPS) is 16.1. The molecular formula is C21H17BrClNOS. The maximum atomic E-state index is 12.9. The Morgan fingerprint density at radius 1 is 1.19 bits per heavy atom. The minimum atomic E-state index is 0.135. The molecule has 3 aromatic carbocycles. The second-order valence-electron chi connectivity index (χ2n) is 6.44. The Kier molecular flexibility index (Phi) is 5.00. The van der Waals surface area contributed by atoms with Crippen LogP contribution in [0.15, 0.2) is 64.0 Å². The molecule has 0 N–H and O–H groups in total. The fraction of sp³-hybridized carbons (Fsp3) is 0.190. The maximum Gasteiger partial charge on any atom is 0.237 e. The third-order valence-electron chi connectivity index (χ3n) is 4.73. The number of para-hydroxylation sites is 1. The lowest BCUT2D eigenvalue weighted by Gasteiger charge is -2.22. The van der Waals surface area contributed by atoms with Gasteiger partial charge in [0.25, 0.3) is 0 Å². The van der Waals surface area contributed by atoms with Crippen LogP contribution in [0.3, 0.4) is 0 Å². The molecule has 132 valence electrons. The third-order valence-corrected chi connectivity index (χ3v) is 6.77. The molecule has 0 aliphatic carbocycles. The van der Waals surface area contributed by atoms with Crippen molar-refractivity contribution in [2.45, 2.75) is 24.3 Å². The molecule has 1 aliphatic heterocycles. The van der Waals surface area contributed by atoms with Crippen LogP contribution in [0.2, 0.25) is 5.02 Å². The molecule has 0 aromatic heterocycles. The van der Waals surface area contributed by atoms with Crippen molar-refractivity contribution in [3.63, 3.8) is 0 Å². The van der Waals surface area contributed by atoms with Gasteiger partial charge in [0.2, 0.25) is 5.91 Å². The van der Waals surface area contributed by atoms with Crippen LogP contribution >= 0.6 is 39.3 Å². The van der Waals surface area contributed by atoms with Crippen LogP contribution in [0.4, 0.5) is 5.69 Å². The number of benzene rings is 3. The molecule has 0 saturated carbocycles. The molecule has 0 unspecified atom stereocenters. The van der Waals surface area contributed by atoms with E-state index in [9.17, 15) is 4.79 Å². The molecule has 0 radical (unpaired) electrons. The van der Waals surface area contributed by atoms with Crippen molar-refractivity contribution in [3.8, 4) is 0 Å². The topological polar surface area (TPSA) is 20.3 Å². The van der Waals surface area contributed by atoms with Crippen molar-refractivity contribution >= 4 is 61.7 Å². The third kappa shape index (κ3) is 3.15. The Labute approximate surface area is 170 Å². The quantitative estimate of drug-likeness (QED) is 0.438. The van der Waals surface area contributed by atoms with Gasteiger partial charge in [-0.25, -0.2) is 0 Å². The second-order valence-corrected chi connectivity index (χ2v) is 8.72. The molecule has 5 heteroatoms. The Hall–Kier alpha value is -1.49. The summed E-state index contributed by atoms with van der Waals surface area (Å²) in [7, 11) is 0. The lowest BCUT2D eigenvalue weighted by atomic mass is 10.1. The average Bonchev–Trinajstić information content (AvgIpc) is 2.97. The number of hydrogen-bond acceptors (Lipinski definition) is 2. The smallest absolute Gasteiger partial charge is 0.237 e. The molecule has 3 aromatic rings. The van der Waals surface area contributed by atoms with E-state index in [4.69, 9.17) is 11.6 Å². The summed E-state index contributed by atoms with van der Waals surface area (Å²) in [5, 5.41) is 2.77. The minimum absolute atomic E-state index is 0.135. The lowest BCUT2D eigenvalue weighted by Crippen LogP contribution is -2.36. The van der Waals surface area contributed by atoms with E-state index in [0.29, 0.717) is 10.8 Å². The number of hydrogen-bond donors (Lipinski definition) is 0. The van der Waals surface area contributed by atoms with Crippen LogP contribution in [0.1, 0.15) is 12.5 Å². The zero-order chi connectivity index (χ0) is 18.3. The van der Waals surface area contributed by atoms with Crippen LogP contribution in [-0.2, 0) is 11.2 Å². The van der Waals surface area contributed by atoms with Crippen molar-refractivity contribution in [2.75, 3.05) is 10.7 Å². The van der Waals surface area contributed by atoms with Crippen LogP contribution in [0.5, 0.6) is 0 Å². The van der Waals surface area contributed by atoms with Crippen molar-refractivity contribution in [1.29, 1.82) is 0 Å². The fourth-order valence-electron chi connectivity index (χ4n) is 3.57. The molecule has 2 nitrogen and oxygen atoms in total. The summed E-state index contributed by atoms with van der Waals surface area (Å²) < 4.78 is 1.01. The van der Waals surface area contributed by atoms with Gasteiger partial charge in [-0.05, 0) is 48.6 Å².